The maximum Gasteiger partial charge on any atom is 0.234 e. The average Bonchev–Trinajstić information content (AvgIpc) is 3.55. The summed E-state index contributed by atoms with van der Waals surface area (Å²) in [6.45, 7) is 1.79. The van der Waals surface area contributed by atoms with E-state index in [-0.39, 0.29) is 30.7 Å². The molecule has 0 spiro atoms. The van der Waals surface area contributed by atoms with Crippen molar-refractivity contribution in [1.82, 2.24) is 9.88 Å². The molecular weight excluding hydrogens is 592 g/mol. The molecule has 9 heteroatoms. The molecule has 5 rings (SSSR count). The van der Waals surface area contributed by atoms with Crippen LogP contribution in [0.3, 0.4) is 0 Å². The second kappa shape index (κ2) is 12.2. The second-order valence-corrected chi connectivity index (χ2v) is 12.3. The Bertz CT molecular complexity index is 1450. The number of hydrogen-bond donors (Lipinski definition) is 3. The highest BCUT2D eigenvalue weighted by Gasteiger charge is 2.54. The van der Waals surface area contributed by atoms with Gasteiger partial charge in [0.25, 0.3) is 0 Å². The van der Waals surface area contributed by atoms with Crippen molar-refractivity contribution in [3.8, 4) is 5.75 Å². The van der Waals surface area contributed by atoms with Crippen LogP contribution in [-0.4, -0.2) is 49.7 Å². The minimum Gasteiger partial charge on any atom is -0.507 e. The number of hydrogen-bond acceptors (Lipinski definition) is 7. The molecule has 1 aromatic carbocycles. The van der Waals surface area contributed by atoms with Gasteiger partial charge in [-0.05, 0) is 85.2 Å². The summed E-state index contributed by atoms with van der Waals surface area (Å²) in [5, 5.41) is 34.2. The number of aliphatic hydroxyl groups excluding tert-OH is 2. The summed E-state index contributed by atoms with van der Waals surface area (Å²) in [5.41, 5.74) is 3.67. The molecule has 0 radical (unpaired) electrons. The summed E-state index contributed by atoms with van der Waals surface area (Å²) in [5.74, 6) is -2.19. The van der Waals surface area contributed by atoms with Crippen LogP contribution in [0.5, 0.6) is 5.75 Å². The SMILES string of the molecule is CC1=C([C@H](O)CC/C(=C/c2cc(Br)ccc2O)c2ccccn2)[C@H](CO)[C@@H]2C(=O)N(Cc3cccs3)C(=O)[C@@H]2C1. The van der Waals surface area contributed by atoms with Crippen LogP contribution in [0.4, 0.5) is 0 Å². The van der Waals surface area contributed by atoms with Crippen molar-refractivity contribution in [3.05, 3.63) is 91.9 Å². The second-order valence-electron chi connectivity index (χ2n) is 10.3. The Labute approximate surface area is 245 Å². The monoisotopic (exact) mass is 622 g/mol. The summed E-state index contributed by atoms with van der Waals surface area (Å²) in [4.78, 5) is 33.5. The summed E-state index contributed by atoms with van der Waals surface area (Å²) in [6, 6.07) is 14.6. The van der Waals surface area contributed by atoms with E-state index in [0.717, 1.165) is 26.2 Å². The van der Waals surface area contributed by atoms with E-state index >= 15 is 0 Å². The number of fused-ring (bicyclic) bond motifs is 1. The number of phenolic OH excluding ortho intramolecular Hbond substituents is 1. The van der Waals surface area contributed by atoms with Gasteiger partial charge in [-0.1, -0.05) is 33.6 Å². The first-order valence-corrected chi connectivity index (χ1v) is 14.9. The first-order chi connectivity index (χ1) is 19.3. The van der Waals surface area contributed by atoms with Gasteiger partial charge in [-0.3, -0.25) is 19.5 Å². The molecule has 3 aromatic rings. The molecule has 7 nitrogen and oxygen atoms in total. The van der Waals surface area contributed by atoms with Crippen molar-refractivity contribution in [2.75, 3.05) is 6.61 Å². The van der Waals surface area contributed by atoms with Crippen molar-refractivity contribution in [1.29, 1.82) is 0 Å². The van der Waals surface area contributed by atoms with Gasteiger partial charge >= 0.3 is 0 Å². The molecule has 1 saturated heterocycles. The quantitative estimate of drug-likeness (QED) is 0.217. The third-order valence-electron chi connectivity index (χ3n) is 7.87. The van der Waals surface area contributed by atoms with Crippen LogP contribution in [0.1, 0.15) is 42.3 Å². The van der Waals surface area contributed by atoms with E-state index in [1.165, 1.54) is 16.2 Å². The zero-order valence-corrected chi connectivity index (χ0v) is 24.4. The first-order valence-electron chi connectivity index (χ1n) is 13.2. The number of benzene rings is 1. The van der Waals surface area contributed by atoms with E-state index in [0.29, 0.717) is 30.4 Å². The van der Waals surface area contributed by atoms with Gasteiger partial charge in [0.15, 0.2) is 0 Å². The molecule has 4 atom stereocenters. The van der Waals surface area contributed by atoms with Crippen molar-refractivity contribution < 1.29 is 24.9 Å². The third-order valence-corrected chi connectivity index (χ3v) is 9.22. The predicted molar refractivity (Wildman–Crippen MR) is 158 cm³/mol. The maximum absolute atomic E-state index is 13.5. The number of aromatic nitrogens is 1. The number of aromatic hydroxyl groups is 1. The van der Waals surface area contributed by atoms with Gasteiger partial charge in [0, 0.05) is 27.0 Å². The molecule has 2 aromatic heterocycles. The molecule has 1 aliphatic heterocycles. The molecule has 2 aliphatic rings. The van der Waals surface area contributed by atoms with Crippen LogP contribution in [0.15, 0.2) is 75.7 Å². The number of thiophene rings is 1. The summed E-state index contributed by atoms with van der Waals surface area (Å²) < 4.78 is 0.823. The number of likely N-dealkylation sites (tertiary alicyclic amines) is 1. The highest BCUT2D eigenvalue weighted by atomic mass is 79.9. The van der Waals surface area contributed by atoms with Gasteiger partial charge in [-0.25, -0.2) is 0 Å². The van der Waals surface area contributed by atoms with Crippen molar-refractivity contribution >= 4 is 50.7 Å². The van der Waals surface area contributed by atoms with Gasteiger partial charge in [0.2, 0.25) is 11.8 Å². The lowest BCUT2D eigenvalue weighted by molar-refractivity contribution is -0.140. The lowest BCUT2D eigenvalue weighted by Gasteiger charge is -2.35. The molecular formula is C31H31BrN2O5S. The lowest BCUT2D eigenvalue weighted by atomic mass is 9.68. The molecule has 0 unspecified atom stereocenters. The number of rotatable bonds is 9. The fourth-order valence-electron chi connectivity index (χ4n) is 6.00. The smallest absolute Gasteiger partial charge is 0.234 e. The normalized spacial score (nSPS) is 22.1. The van der Waals surface area contributed by atoms with Crippen LogP contribution < -0.4 is 0 Å². The van der Waals surface area contributed by atoms with Crippen molar-refractivity contribution in [2.24, 2.45) is 17.8 Å². The van der Waals surface area contributed by atoms with Crippen LogP contribution >= 0.6 is 27.3 Å². The summed E-state index contributed by atoms with van der Waals surface area (Å²) in [6.07, 6.45) is 3.77. The van der Waals surface area contributed by atoms with Crippen molar-refractivity contribution in [2.45, 2.75) is 38.8 Å². The third kappa shape index (κ3) is 5.69. The molecule has 3 N–H and O–H groups in total. The van der Waals surface area contributed by atoms with Crippen molar-refractivity contribution in [3.63, 3.8) is 0 Å². The number of phenols is 1. The van der Waals surface area contributed by atoms with Crippen LogP contribution in [0.25, 0.3) is 11.6 Å². The van der Waals surface area contributed by atoms with Gasteiger partial charge < -0.3 is 15.3 Å². The molecule has 2 amide bonds. The first kappa shape index (κ1) is 28.4. The summed E-state index contributed by atoms with van der Waals surface area (Å²) >= 11 is 4.94. The molecule has 208 valence electrons. The topological polar surface area (TPSA) is 111 Å². The lowest BCUT2D eigenvalue weighted by Crippen LogP contribution is -2.38. The number of amides is 2. The number of nitrogens with zero attached hydrogens (tertiary/aromatic N) is 2. The van der Waals surface area contributed by atoms with Gasteiger partial charge in [-0.15, -0.1) is 11.3 Å². The number of carbonyl (C=O) groups excluding carboxylic acids is 2. The van der Waals surface area contributed by atoms with E-state index in [1.54, 1.807) is 18.3 Å². The molecule has 40 heavy (non-hydrogen) atoms. The zero-order valence-electron chi connectivity index (χ0n) is 22.0. The number of carbonyl (C=O) groups is 2. The minimum absolute atomic E-state index is 0.130. The van der Waals surface area contributed by atoms with E-state index in [1.807, 2.05) is 54.8 Å². The summed E-state index contributed by atoms with van der Waals surface area (Å²) in [7, 11) is 0. The maximum atomic E-state index is 13.5. The Morgan fingerprint density at radius 3 is 2.73 bits per heavy atom. The van der Waals surface area contributed by atoms with E-state index in [4.69, 9.17) is 0 Å². The van der Waals surface area contributed by atoms with Gasteiger partial charge in [0.05, 0.1) is 36.8 Å². The largest absolute Gasteiger partial charge is 0.507 e. The highest BCUT2D eigenvalue weighted by Crippen LogP contribution is 2.46. The number of allylic oxidation sites excluding steroid dienone is 2. The Morgan fingerprint density at radius 1 is 1.20 bits per heavy atom. The average molecular weight is 624 g/mol. The standard InChI is InChI=1S/C31H31BrN2O5S/c1-18-13-23-29(31(39)34(30(23)38)16-22-5-4-12-40-22)24(17-35)28(18)27(37)9-7-19(25-6-2-3-11-33-25)14-20-15-21(32)8-10-26(20)36/h2-6,8,10-12,14-15,23-24,27,29,35-37H,7,9,13,16-17H2,1H3/b19-14-/t23-,24+,27-,29-/m1/s1. The predicted octanol–water partition coefficient (Wildman–Crippen LogP) is 5.42. The number of aliphatic hydroxyl groups is 2. The van der Waals surface area contributed by atoms with Crippen LogP contribution in [0.2, 0.25) is 0 Å². The molecule has 1 fully saturated rings. The van der Waals surface area contributed by atoms with E-state index < -0.39 is 23.9 Å². The van der Waals surface area contributed by atoms with Crippen LogP contribution in [-0.2, 0) is 16.1 Å². The highest BCUT2D eigenvalue weighted by molar-refractivity contribution is 9.10. The zero-order chi connectivity index (χ0) is 28.4. The Morgan fingerprint density at radius 2 is 2.02 bits per heavy atom. The molecule has 1 aliphatic carbocycles. The minimum atomic E-state index is -0.921. The molecule has 0 bridgehead atoms. The Kier molecular flexibility index (Phi) is 8.65. The number of halogens is 1. The molecule has 0 saturated carbocycles. The van der Waals surface area contributed by atoms with E-state index in [2.05, 4.69) is 20.9 Å². The molecule has 3 heterocycles. The Hall–Kier alpha value is -3.11. The number of pyridine rings is 1. The van der Waals surface area contributed by atoms with Gasteiger partial charge in [0.1, 0.15) is 5.75 Å². The van der Waals surface area contributed by atoms with Crippen LogP contribution in [0, 0.1) is 17.8 Å². The van der Waals surface area contributed by atoms with E-state index in [9.17, 15) is 24.9 Å². The van der Waals surface area contributed by atoms with Gasteiger partial charge in [-0.2, -0.15) is 0 Å². The fraction of sp³-hybridized carbons (Fsp3) is 0.323. The Balaban J connectivity index is 1.39. The number of imide groups is 1. The fourth-order valence-corrected chi connectivity index (χ4v) is 7.07.